The number of phenolic OH excluding ortho intramolecular Hbond substituents is 1. The van der Waals surface area contributed by atoms with Gasteiger partial charge in [-0.1, -0.05) is 12.1 Å². The van der Waals surface area contributed by atoms with Crippen LogP contribution in [0.1, 0.15) is 24.8 Å². The number of aliphatic carboxylic acids is 1. The van der Waals surface area contributed by atoms with E-state index in [1.807, 2.05) is 5.32 Å². The third kappa shape index (κ3) is 11.6. The first-order chi connectivity index (χ1) is 17.3. The fraction of sp³-hybridized carbons (Fsp3) is 0.455. The fourth-order valence-corrected chi connectivity index (χ4v) is 3.59. The lowest BCUT2D eigenvalue weighted by atomic mass is 10.0. The van der Waals surface area contributed by atoms with E-state index in [0.29, 0.717) is 11.3 Å². The first-order valence-corrected chi connectivity index (χ1v) is 12.5. The van der Waals surface area contributed by atoms with Crippen LogP contribution in [0.5, 0.6) is 5.75 Å². The highest BCUT2D eigenvalue weighted by Crippen LogP contribution is 2.11. The second-order valence-corrected chi connectivity index (χ2v) is 9.11. The van der Waals surface area contributed by atoms with Crippen LogP contribution in [-0.4, -0.2) is 81.9 Å². The molecule has 5 amide bonds. The molecule has 204 valence electrons. The Bertz CT molecular complexity index is 990. The Morgan fingerprint density at radius 2 is 1.32 bits per heavy atom. The maximum atomic E-state index is 13.0. The number of carbonyl (C=O) groups is 6. The van der Waals surface area contributed by atoms with Crippen LogP contribution in [0.15, 0.2) is 24.3 Å². The first kappa shape index (κ1) is 31.2. The molecule has 0 aliphatic heterocycles. The Labute approximate surface area is 217 Å². The van der Waals surface area contributed by atoms with Gasteiger partial charge in [0.05, 0.1) is 18.9 Å². The summed E-state index contributed by atoms with van der Waals surface area (Å²) >= 11 is 1.39. The summed E-state index contributed by atoms with van der Waals surface area (Å²) in [5.41, 5.74) is 16.8. The zero-order chi connectivity index (χ0) is 28.1. The Hall–Kier alpha value is -3.85. The molecule has 0 radical (unpaired) electrons. The fourth-order valence-electron chi connectivity index (χ4n) is 3.12. The third-order valence-corrected chi connectivity index (χ3v) is 5.67. The molecular formula is C22H32N6O8S. The molecule has 37 heavy (non-hydrogen) atoms. The number of phenols is 1. The van der Waals surface area contributed by atoms with Crippen molar-refractivity contribution in [2.45, 2.75) is 49.9 Å². The number of primary amides is 2. The number of amides is 5. The van der Waals surface area contributed by atoms with E-state index in [4.69, 9.17) is 17.2 Å². The summed E-state index contributed by atoms with van der Waals surface area (Å²) in [7, 11) is 0. The van der Waals surface area contributed by atoms with Crippen molar-refractivity contribution in [3.8, 4) is 5.75 Å². The van der Waals surface area contributed by atoms with Crippen LogP contribution >= 0.6 is 11.8 Å². The Morgan fingerprint density at radius 1 is 0.838 bits per heavy atom. The lowest BCUT2D eigenvalue weighted by molar-refractivity contribution is -0.144. The van der Waals surface area contributed by atoms with Gasteiger partial charge in [0.15, 0.2) is 0 Å². The predicted octanol–water partition coefficient (Wildman–Crippen LogP) is -2.70. The number of carboxylic acids is 1. The molecule has 0 spiro atoms. The number of nitrogens with one attached hydrogen (secondary N) is 3. The molecule has 0 fully saturated rings. The number of thioether (sulfide) groups is 1. The van der Waals surface area contributed by atoms with Crippen molar-refractivity contribution in [3.05, 3.63) is 29.8 Å². The summed E-state index contributed by atoms with van der Waals surface area (Å²) in [6.07, 6.45) is 0.649. The van der Waals surface area contributed by atoms with E-state index in [1.54, 1.807) is 18.4 Å². The average Bonchev–Trinajstić information content (AvgIpc) is 2.81. The number of aromatic hydroxyl groups is 1. The average molecular weight is 541 g/mol. The van der Waals surface area contributed by atoms with Gasteiger partial charge in [-0.05, 0) is 42.5 Å². The summed E-state index contributed by atoms with van der Waals surface area (Å²) in [4.78, 5) is 72.2. The van der Waals surface area contributed by atoms with Crippen molar-refractivity contribution in [2.24, 2.45) is 17.2 Å². The molecule has 0 saturated carbocycles. The molecule has 0 aliphatic rings. The minimum Gasteiger partial charge on any atom is -0.508 e. The number of carboxylic acid groups (broad SMARTS) is 1. The number of hydrogen-bond acceptors (Lipinski definition) is 9. The van der Waals surface area contributed by atoms with Crippen LogP contribution in [0.3, 0.4) is 0 Å². The van der Waals surface area contributed by atoms with Crippen LogP contribution in [0.25, 0.3) is 0 Å². The van der Waals surface area contributed by atoms with Crippen LogP contribution in [0.2, 0.25) is 0 Å². The highest BCUT2D eigenvalue weighted by atomic mass is 32.2. The van der Waals surface area contributed by atoms with Gasteiger partial charge in [-0.2, -0.15) is 11.8 Å². The summed E-state index contributed by atoms with van der Waals surface area (Å²) in [6.45, 7) is 0. The molecule has 15 heteroatoms. The van der Waals surface area contributed by atoms with Gasteiger partial charge in [-0.15, -0.1) is 0 Å². The van der Waals surface area contributed by atoms with E-state index < -0.39 is 72.5 Å². The van der Waals surface area contributed by atoms with Crippen LogP contribution in [-0.2, 0) is 35.2 Å². The largest absolute Gasteiger partial charge is 0.508 e. The van der Waals surface area contributed by atoms with Crippen LogP contribution in [0.4, 0.5) is 0 Å². The van der Waals surface area contributed by atoms with Gasteiger partial charge in [0, 0.05) is 0 Å². The quantitative estimate of drug-likeness (QED) is 0.108. The summed E-state index contributed by atoms with van der Waals surface area (Å²) < 4.78 is 0. The Kier molecular flexibility index (Phi) is 12.9. The second-order valence-electron chi connectivity index (χ2n) is 8.12. The number of carbonyl (C=O) groups excluding carboxylic acids is 5. The van der Waals surface area contributed by atoms with Crippen molar-refractivity contribution in [3.63, 3.8) is 0 Å². The van der Waals surface area contributed by atoms with Crippen LogP contribution < -0.4 is 33.2 Å². The molecule has 14 nitrogen and oxygen atoms in total. The predicted molar refractivity (Wildman–Crippen MR) is 134 cm³/mol. The zero-order valence-corrected chi connectivity index (χ0v) is 21.0. The van der Waals surface area contributed by atoms with Gasteiger partial charge in [0.1, 0.15) is 23.9 Å². The minimum atomic E-state index is -1.69. The van der Waals surface area contributed by atoms with Crippen molar-refractivity contribution in [1.82, 2.24) is 16.0 Å². The highest BCUT2D eigenvalue weighted by molar-refractivity contribution is 7.98. The van der Waals surface area contributed by atoms with Crippen molar-refractivity contribution in [2.75, 3.05) is 12.0 Å². The van der Waals surface area contributed by atoms with Gasteiger partial charge in [0.25, 0.3) is 0 Å². The third-order valence-electron chi connectivity index (χ3n) is 5.03. The number of benzene rings is 1. The van der Waals surface area contributed by atoms with E-state index in [-0.39, 0.29) is 18.6 Å². The van der Waals surface area contributed by atoms with Gasteiger partial charge < -0.3 is 43.4 Å². The van der Waals surface area contributed by atoms with E-state index >= 15 is 0 Å². The molecule has 1 aromatic carbocycles. The molecule has 0 aromatic heterocycles. The molecule has 0 heterocycles. The molecule has 4 unspecified atom stereocenters. The Morgan fingerprint density at radius 3 is 1.84 bits per heavy atom. The van der Waals surface area contributed by atoms with Crippen LogP contribution in [0, 0.1) is 0 Å². The number of nitrogens with two attached hydrogens (primary N) is 3. The minimum absolute atomic E-state index is 0.0504. The molecule has 0 saturated heterocycles. The van der Waals surface area contributed by atoms with Crippen molar-refractivity contribution < 1.29 is 39.0 Å². The first-order valence-electron chi connectivity index (χ1n) is 11.1. The highest BCUT2D eigenvalue weighted by Gasteiger charge is 2.31. The zero-order valence-electron chi connectivity index (χ0n) is 20.1. The second kappa shape index (κ2) is 15.3. The normalized spacial score (nSPS) is 13.9. The summed E-state index contributed by atoms with van der Waals surface area (Å²) in [5, 5.41) is 25.4. The molecule has 4 atom stereocenters. The van der Waals surface area contributed by atoms with Gasteiger partial charge in [0.2, 0.25) is 29.5 Å². The Balaban J connectivity index is 2.96. The molecular weight excluding hydrogens is 508 g/mol. The molecule has 0 aliphatic carbocycles. The maximum Gasteiger partial charge on any atom is 0.326 e. The summed E-state index contributed by atoms with van der Waals surface area (Å²) in [5.74, 6) is -5.59. The van der Waals surface area contributed by atoms with Crippen molar-refractivity contribution >= 4 is 47.3 Å². The molecule has 11 N–H and O–H groups in total. The molecule has 0 bridgehead atoms. The SMILES string of the molecule is CSCCC(NC(=O)C(N)Cc1ccc(O)cc1)C(=O)NC(CC(N)=O)C(=O)NC(CC(N)=O)C(=O)O. The van der Waals surface area contributed by atoms with E-state index in [0.717, 1.165) is 0 Å². The smallest absolute Gasteiger partial charge is 0.326 e. The standard InChI is InChI=1S/C22H32N6O8S/c1-37-7-6-14(26-19(32)13(23)8-11-2-4-12(29)5-3-11)20(33)27-15(9-17(24)30)21(34)28-16(22(35)36)10-18(25)31/h2-5,13-16,29H,6-10,23H2,1H3,(H2,24,30)(H2,25,31)(H,26,32)(H,27,33)(H,28,34)(H,35,36). The molecule has 1 rings (SSSR count). The topological polar surface area (TPSA) is 257 Å². The van der Waals surface area contributed by atoms with E-state index in [9.17, 15) is 39.0 Å². The van der Waals surface area contributed by atoms with Crippen molar-refractivity contribution in [1.29, 1.82) is 0 Å². The van der Waals surface area contributed by atoms with Gasteiger partial charge in [-0.3, -0.25) is 24.0 Å². The lowest BCUT2D eigenvalue weighted by Crippen LogP contribution is -2.58. The van der Waals surface area contributed by atoms with E-state index in [1.165, 1.54) is 23.9 Å². The number of hydrogen-bond donors (Lipinski definition) is 8. The number of rotatable bonds is 16. The lowest BCUT2D eigenvalue weighted by Gasteiger charge is -2.24. The maximum absolute atomic E-state index is 13.0. The monoisotopic (exact) mass is 540 g/mol. The molecule has 1 aromatic rings. The summed E-state index contributed by atoms with van der Waals surface area (Å²) in [6, 6.07) is 0.611. The van der Waals surface area contributed by atoms with Gasteiger partial charge in [-0.25, -0.2) is 4.79 Å². The van der Waals surface area contributed by atoms with Gasteiger partial charge >= 0.3 is 5.97 Å². The van der Waals surface area contributed by atoms with E-state index in [2.05, 4.69) is 10.6 Å².